The first-order valence-corrected chi connectivity index (χ1v) is 21.2. The molecule has 0 aliphatic carbocycles. The van der Waals surface area contributed by atoms with Gasteiger partial charge in [0.25, 0.3) is 50.6 Å². The molecular formula is C30H27N3O15S5. The van der Waals surface area contributed by atoms with Crippen LogP contribution >= 0.6 is 0 Å². The van der Waals surface area contributed by atoms with Crippen LogP contribution in [-0.2, 0) is 50.6 Å². The molecule has 0 bridgehead atoms. The zero-order valence-electron chi connectivity index (χ0n) is 26.3. The summed E-state index contributed by atoms with van der Waals surface area (Å²) in [6.45, 7) is 0. The highest BCUT2D eigenvalue weighted by Crippen LogP contribution is 2.34. The van der Waals surface area contributed by atoms with E-state index in [9.17, 15) is 51.2 Å². The van der Waals surface area contributed by atoms with E-state index in [-0.39, 0.29) is 21.2 Å². The number of anilines is 3. The summed E-state index contributed by atoms with van der Waals surface area (Å²) in [6, 6.07) is 22.5. The molecule has 0 saturated carbocycles. The molecule has 0 saturated heterocycles. The molecule has 6 aromatic carbocycles. The van der Waals surface area contributed by atoms with Gasteiger partial charge in [0, 0.05) is 32.9 Å². The third kappa shape index (κ3) is 9.54. The fraction of sp³-hybridized carbons (Fsp3) is 0. The fourth-order valence-electron chi connectivity index (χ4n) is 4.93. The number of hydrogen-bond donors (Lipinski definition) is 8. The van der Waals surface area contributed by atoms with Crippen LogP contribution in [0.15, 0.2) is 122 Å². The number of hydrogen-bond acceptors (Lipinski definition) is 13. The van der Waals surface area contributed by atoms with Crippen molar-refractivity contribution in [3.05, 3.63) is 97.1 Å². The molecule has 0 aliphatic heterocycles. The average Bonchev–Trinajstić information content (AvgIpc) is 3.02. The molecule has 0 radical (unpaired) electrons. The predicted octanol–water partition coefficient (Wildman–Crippen LogP) is 3.50. The summed E-state index contributed by atoms with van der Waals surface area (Å²) in [5.41, 5.74) is 16.9. The van der Waals surface area contributed by atoms with E-state index >= 15 is 0 Å². The molecule has 282 valence electrons. The van der Waals surface area contributed by atoms with Crippen LogP contribution < -0.4 is 17.2 Å². The van der Waals surface area contributed by atoms with Crippen LogP contribution in [0.1, 0.15) is 0 Å². The lowest BCUT2D eigenvalue weighted by Crippen LogP contribution is -2.07. The lowest BCUT2D eigenvalue weighted by atomic mass is 10.1. The van der Waals surface area contributed by atoms with Crippen molar-refractivity contribution >= 4 is 100.0 Å². The van der Waals surface area contributed by atoms with Crippen molar-refractivity contribution in [2.75, 3.05) is 17.2 Å². The Kier molecular flexibility index (Phi) is 11.1. The van der Waals surface area contributed by atoms with E-state index in [1.807, 2.05) is 18.2 Å². The largest absolute Gasteiger partial charge is 0.399 e. The van der Waals surface area contributed by atoms with E-state index in [2.05, 4.69) is 0 Å². The van der Waals surface area contributed by atoms with Crippen LogP contribution in [0.2, 0.25) is 0 Å². The predicted molar refractivity (Wildman–Crippen MR) is 194 cm³/mol. The Hall–Kier alpha value is -4.95. The summed E-state index contributed by atoms with van der Waals surface area (Å²) < 4.78 is 157. The maximum Gasteiger partial charge on any atom is 0.296 e. The first-order chi connectivity index (χ1) is 24.2. The second kappa shape index (κ2) is 14.5. The van der Waals surface area contributed by atoms with E-state index in [4.69, 9.17) is 30.9 Å². The van der Waals surface area contributed by atoms with Gasteiger partial charge in [0.2, 0.25) is 0 Å². The Bertz CT molecular complexity index is 3010. The maximum absolute atomic E-state index is 11.4. The van der Waals surface area contributed by atoms with Crippen LogP contribution in [0.3, 0.4) is 0 Å². The monoisotopic (exact) mass is 829 g/mol. The van der Waals surface area contributed by atoms with Gasteiger partial charge in [-0.05, 0) is 53.2 Å². The van der Waals surface area contributed by atoms with Crippen molar-refractivity contribution in [2.45, 2.75) is 24.5 Å². The average molecular weight is 830 g/mol. The van der Waals surface area contributed by atoms with Crippen LogP contribution in [0, 0.1) is 0 Å². The van der Waals surface area contributed by atoms with Gasteiger partial charge in [-0.15, -0.1) is 0 Å². The van der Waals surface area contributed by atoms with Gasteiger partial charge in [-0.25, -0.2) is 0 Å². The summed E-state index contributed by atoms with van der Waals surface area (Å²) >= 11 is 0. The smallest absolute Gasteiger partial charge is 0.296 e. The topological polar surface area (TPSA) is 350 Å². The molecule has 23 heteroatoms. The SMILES string of the molecule is Nc1c(S(=O)(=O)O)ccc2ccccc12.Nc1cc(S(=O)(=O)O)c2cc(S(=O)(=O)O)cc(S(=O)(=O)O)c2c1.Nc1cc(S(=O)(=O)O)cc2ccccc12. The highest BCUT2D eigenvalue weighted by molar-refractivity contribution is 7.87. The standard InChI is InChI=1S/C10H9NO9S3.2C10H9NO3S/c11-5-1-7-8(9(2-5)22(15,16)17)3-6(21(12,13)14)4-10(7)23(18,19)20;11-10-6-8(15(12,13)14)5-7-3-1-2-4-9(7)10;11-10-8-4-2-1-3-7(8)5-6-9(10)15(12,13)14/h1-4H,11H2,(H,12,13,14)(H,15,16,17)(H,18,19,20);2*1-6H,11H2,(H,12,13,14). The number of fused-ring (bicyclic) bond motifs is 3. The van der Waals surface area contributed by atoms with Crippen molar-refractivity contribution in [2.24, 2.45) is 0 Å². The summed E-state index contributed by atoms with van der Waals surface area (Å²) in [5.74, 6) is 0. The van der Waals surface area contributed by atoms with Crippen molar-refractivity contribution in [1.82, 2.24) is 0 Å². The Morgan fingerprint density at radius 3 is 1.36 bits per heavy atom. The molecule has 0 amide bonds. The molecule has 0 aliphatic rings. The molecule has 0 aromatic heterocycles. The van der Waals surface area contributed by atoms with Gasteiger partial charge in [0.1, 0.15) is 14.7 Å². The normalized spacial score (nSPS) is 12.5. The van der Waals surface area contributed by atoms with Crippen molar-refractivity contribution in [3.63, 3.8) is 0 Å². The maximum atomic E-state index is 11.4. The minimum atomic E-state index is -5.00. The quantitative estimate of drug-likeness (QED) is 0.0910. The van der Waals surface area contributed by atoms with Crippen LogP contribution in [0.4, 0.5) is 17.1 Å². The zero-order chi connectivity index (χ0) is 39.9. The minimum absolute atomic E-state index is 0.0793. The number of benzene rings is 6. The fourth-order valence-corrected chi connectivity index (χ4v) is 8.17. The molecule has 11 N–H and O–H groups in total. The molecule has 6 aromatic rings. The second-order valence-corrected chi connectivity index (χ2v) is 17.9. The zero-order valence-corrected chi connectivity index (χ0v) is 30.4. The molecule has 0 unspecified atom stereocenters. The first-order valence-electron chi connectivity index (χ1n) is 14.0. The molecule has 0 fully saturated rings. The lowest BCUT2D eigenvalue weighted by Gasteiger charge is -2.11. The summed E-state index contributed by atoms with van der Waals surface area (Å²) in [7, 11) is -23.3. The van der Waals surface area contributed by atoms with Gasteiger partial charge in [-0.1, -0.05) is 54.6 Å². The van der Waals surface area contributed by atoms with Crippen LogP contribution in [-0.4, -0.2) is 64.9 Å². The van der Waals surface area contributed by atoms with Crippen molar-refractivity contribution in [1.29, 1.82) is 0 Å². The van der Waals surface area contributed by atoms with Crippen molar-refractivity contribution in [3.8, 4) is 0 Å². The minimum Gasteiger partial charge on any atom is -0.399 e. The van der Waals surface area contributed by atoms with Gasteiger partial charge in [-0.2, -0.15) is 42.1 Å². The molecule has 6 rings (SSSR count). The van der Waals surface area contributed by atoms with E-state index in [1.165, 1.54) is 18.2 Å². The molecule has 0 atom stereocenters. The molecular weight excluding hydrogens is 803 g/mol. The Morgan fingerprint density at radius 2 is 0.830 bits per heavy atom. The molecule has 18 nitrogen and oxygen atoms in total. The lowest BCUT2D eigenvalue weighted by molar-refractivity contribution is 0.478. The molecule has 0 spiro atoms. The van der Waals surface area contributed by atoms with Gasteiger partial charge >= 0.3 is 0 Å². The van der Waals surface area contributed by atoms with Gasteiger partial charge < -0.3 is 17.2 Å². The van der Waals surface area contributed by atoms with E-state index in [1.54, 1.807) is 36.4 Å². The third-order valence-electron chi connectivity index (χ3n) is 7.22. The second-order valence-electron chi connectivity index (χ2n) is 10.8. The first kappa shape index (κ1) is 40.8. The Balaban J connectivity index is 0.000000184. The number of rotatable bonds is 5. The Morgan fingerprint density at radius 1 is 0.377 bits per heavy atom. The Labute approximate surface area is 302 Å². The molecule has 53 heavy (non-hydrogen) atoms. The van der Waals surface area contributed by atoms with Crippen molar-refractivity contribution < 1.29 is 64.9 Å². The van der Waals surface area contributed by atoms with Crippen LogP contribution in [0.25, 0.3) is 32.3 Å². The van der Waals surface area contributed by atoms with E-state index in [0.29, 0.717) is 28.6 Å². The summed E-state index contributed by atoms with van der Waals surface area (Å²) in [4.78, 5) is -3.31. The van der Waals surface area contributed by atoms with Gasteiger partial charge in [0.05, 0.1) is 15.5 Å². The van der Waals surface area contributed by atoms with Gasteiger partial charge in [-0.3, -0.25) is 22.8 Å². The molecule has 0 heterocycles. The van der Waals surface area contributed by atoms with Gasteiger partial charge in [0.15, 0.2) is 0 Å². The highest BCUT2D eigenvalue weighted by Gasteiger charge is 2.25. The van der Waals surface area contributed by atoms with E-state index in [0.717, 1.165) is 22.9 Å². The summed E-state index contributed by atoms with van der Waals surface area (Å²) in [5, 5.41) is 1.89. The number of nitrogens with two attached hydrogens (primary N) is 3. The highest BCUT2D eigenvalue weighted by atomic mass is 32.2. The number of nitrogen functional groups attached to an aromatic ring is 3. The van der Waals surface area contributed by atoms with Crippen LogP contribution in [0.5, 0.6) is 0 Å². The summed E-state index contributed by atoms with van der Waals surface area (Å²) in [6.07, 6.45) is 0. The third-order valence-corrected chi connectivity index (χ3v) is 11.6. The van der Waals surface area contributed by atoms with E-state index < -0.39 is 76.0 Å².